The number of hydrogen-bond acceptors (Lipinski definition) is 4. The van der Waals surface area contributed by atoms with Crippen molar-refractivity contribution in [2.24, 2.45) is 0 Å². The Bertz CT molecular complexity index is 638. The number of aromatic amines is 1. The molecule has 5 nitrogen and oxygen atoms in total. The van der Waals surface area contributed by atoms with Gasteiger partial charge < -0.3 is 9.47 Å². The minimum absolute atomic E-state index is 0.322. The van der Waals surface area contributed by atoms with E-state index in [2.05, 4.69) is 22.1 Å². The maximum absolute atomic E-state index is 14.3. The van der Waals surface area contributed by atoms with Gasteiger partial charge in [-0.3, -0.25) is 10.00 Å². The highest BCUT2D eigenvalue weighted by atomic mass is 19.1. The van der Waals surface area contributed by atoms with E-state index >= 15 is 0 Å². The Hall–Kier alpha value is -1.92. The third-order valence-electron chi connectivity index (χ3n) is 4.11. The minimum Gasteiger partial charge on any atom is -0.497 e. The number of likely N-dealkylation sites (N-methyl/N-ethyl adjacent to an activating group) is 1. The summed E-state index contributed by atoms with van der Waals surface area (Å²) >= 11 is 0. The molecule has 1 aliphatic heterocycles. The molecule has 1 aromatic carbocycles. The van der Waals surface area contributed by atoms with Crippen LogP contribution in [-0.2, 0) is 11.3 Å². The quantitative estimate of drug-likeness (QED) is 0.922. The number of ether oxygens (including phenoxy) is 2. The maximum atomic E-state index is 14.3. The van der Waals surface area contributed by atoms with E-state index in [1.54, 1.807) is 18.3 Å². The predicted octanol–water partition coefficient (Wildman–Crippen LogP) is 2.45. The first-order valence-corrected chi connectivity index (χ1v) is 7.33. The molecule has 2 heterocycles. The Kier molecular flexibility index (Phi) is 4.40. The molecule has 0 saturated carbocycles. The number of benzene rings is 1. The van der Waals surface area contributed by atoms with E-state index in [0.29, 0.717) is 29.6 Å². The fourth-order valence-electron chi connectivity index (χ4n) is 2.76. The first kappa shape index (κ1) is 15.0. The van der Waals surface area contributed by atoms with Crippen molar-refractivity contribution in [1.29, 1.82) is 0 Å². The molecule has 1 aliphatic rings. The first-order valence-electron chi connectivity index (χ1n) is 7.33. The lowest BCUT2D eigenvalue weighted by molar-refractivity contribution is 0.156. The van der Waals surface area contributed by atoms with E-state index < -0.39 is 0 Å². The number of aromatic nitrogens is 2. The van der Waals surface area contributed by atoms with Gasteiger partial charge in [0, 0.05) is 36.4 Å². The molecule has 2 aromatic rings. The van der Waals surface area contributed by atoms with E-state index in [1.807, 2.05) is 0 Å². The Morgan fingerprint density at radius 1 is 1.50 bits per heavy atom. The minimum atomic E-state index is -0.322. The molecule has 0 amide bonds. The predicted molar refractivity (Wildman–Crippen MR) is 81.2 cm³/mol. The summed E-state index contributed by atoms with van der Waals surface area (Å²) in [6.07, 6.45) is 2.78. The molecule has 0 aliphatic carbocycles. The van der Waals surface area contributed by atoms with Crippen LogP contribution in [0.5, 0.6) is 5.75 Å². The van der Waals surface area contributed by atoms with Gasteiger partial charge in [0.1, 0.15) is 11.6 Å². The molecule has 22 heavy (non-hydrogen) atoms. The molecule has 0 bridgehead atoms. The van der Waals surface area contributed by atoms with Crippen molar-refractivity contribution in [1.82, 2.24) is 15.1 Å². The lowest BCUT2D eigenvalue weighted by Gasteiger charge is -2.22. The molecule has 1 atom stereocenters. The van der Waals surface area contributed by atoms with Crippen LogP contribution in [0.25, 0.3) is 11.3 Å². The number of halogens is 1. The smallest absolute Gasteiger partial charge is 0.136 e. The second-order valence-electron chi connectivity index (χ2n) is 5.55. The summed E-state index contributed by atoms with van der Waals surface area (Å²) < 4.78 is 24.7. The third-order valence-corrected chi connectivity index (χ3v) is 4.11. The van der Waals surface area contributed by atoms with Crippen LogP contribution in [-0.4, -0.2) is 48.5 Å². The number of hydrogen-bond donors (Lipinski definition) is 1. The van der Waals surface area contributed by atoms with Crippen molar-refractivity contribution in [2.75, 3.05) is 27.4 Å². The standard InChI is InChI=1S/C16H20FN3O2/c1-20(12-5-6-22-10-12)9-11-8-18-19-16(11)14-4-3-13(21-2)7-15(14)17/h3-4,7-8,12H,5-6,9-10H2,1-2H3,(H,18,19)/t12-/m0/s1. The topological polar surface area (TPSA) is 50.4 Å². The summed E-state index contributed by atoms with van der Waals surface area (Å²) in [4.78, 5) is 2.22. The highest BCUT2D eigenvalue weighted by Gasteiger charge is 2.22. The van der Waals surface area contributed by atoms with E-state index in [-0.39, 0.29) is 5.82 Å². The summed E-state index contributed by atoms with van der Waals surface area (Å²) in [5.41, 5.74) is 2.19. The van der Waals surface area contributed by atoms with Crippen molar-refractivity contribution >= 4 is 0 Å². The van der Waals surface area contributed by atoms with Gasteiger partial charge in [-0.05, 0) is 25.6 Å². The van der Waals surface area contributed by atoms with E-state index in [1.165, 1.54) is 13.2 Å². The van der Waals surface area contributed by atoms with Crippen LogP contribution >= 0.6 is 0 Å². The monoisotopic (exact) mass is 305 g/mol. The lowest BCUT2D eigenvalue weighted by atomic mass is 10.1. The number of rotatable bonds is 5. The Balaban J connectivity index is 1.82. The molecule has 1 N–H and O–H groups in total. The van der Waals surface area contributed by atoms with Gasteiger partial charge in [0.05, 0.1) is 25.6 Å². The van der Waals surface area contributed by atoms with E-state index in [9.17, 15) is 4.39 Å². The molecule has 0 radical (unpaired) electrons. The molecule has 1 fully saturated rings. The molecule has 0 spiro atoms. The Morgan fingerprint density at radius 2 is 2.36 bits per heavy atom. The fraction of sp³-hybridized carbons (Fsp3) is 0.438. The molecular weight excluding hydrogens is 285 g/mol. The molecule has 0 unspecified atom stereocenters. The lowest BCUT2D eigenvalue weighted by Crippen LogP contribution is -2.31. The van der Waals surface area contributed by atoms with Crippen molar-refractivity contribution < 1.29 is 13.9 Å². The van der Waals surface area contributed by atoms with Crippen molar-refractivity contribution in [3.8, 4) is 17.0 Å². The molecular formula is C16H20FN3O2. The van der Waals surface area contributed by atoms with Crippen molar-refractivity contribution in [2.45, 2.75) is 19.0 Å². The van der Waals surface area contributed by atoms with Crippen LogP contribution in [0, 0.1) is 5.82 Å². The zero-order chi connectivity index (χ0) is 15.5. The van der Waals surface area contributed by atoms with Gasteiger partial charge in [-0.2, -0.15) is 5.10 Å². The molecule has 118 valence electrons. The fourth-order valence-corrected chi connectivity index (χ4v) is 2.76. The Morgan fingerprint density at radius 3 is 3.05 bits per heavy atom. The van der Waals surface area contributed by atoms with Crippen LogP contribution < -0.4 is 4.74 Å². The highest BCUT2D eigenvalue weighted by Crippen LogP contribution is 2.28. The van der Waals surface area contributed by atoms with Gasteiger partial charge >= 0.3 is 0 Å². The summed E-state index contributed by atoms with van der Waals surface area (Å²) in [6.45, 7) is 2.26. The zero-order valence-electron chi connectivity index (χ0n) is 12.8. The highest BCUT2D eigenvalue weighted by molar-refractivity contribution is 5.64. The SMILES string of the molecule is COc1ccc(-c2[nH]ncc2CN(C)[C@H]2CCOC2)c(F)c1. The van der Waals surface area contributed by atoms with Gasteiger partial charge in [-0.15, -0.1) is 0 Å². The van der Waals surface area contributed by atoms with Crippen LogP contribution in [0.3, 0.4) is 0 Å². The average Bonchev–Trinajstić information content (AvgIpc) is 3.18. The van der Waals surface area contributed by atoms with Gasteiger partial charge in [-0.1, -0.05) is 0 Å². The van der Waals surface area contributed by atoms with Crippen LogP contribution in [0.2, 0.25) is 0 Å². The summed E-state index contributed by atoms with van der Waals surface area (Å²) in [5, 5.41) is 6.99. The van der Waals surface area contributed by atoms with Gasteiger partial charge in [-0.25, -0.2) is 4.39 Å². The van der Waals surface area contributed by atoms with Gasteiger partial charge in [0.15, 0.2) is 0 Å². The van der Waals surface area contributed by atoms with Crippen LogP contribution in [0.1, 0.15) is 12.0 Å². The average molecular weight is 305 g/mol. The molecule has 3 rings (SSSR count). The Labute approximate surface area is 129 Å². The van der Waals surface area contributed by atoms with E-state index in [4.69, 9.17) is 9.47 Å². The second-order valence-corrected chi connectivity index (χ2v) is 5.55. The van der Waals surface area contributed by atoms with E-state index in [0.717, 1.165) is 25.2 Å². The largest absolute Gasteiger partial charge is 0.497 e. The molecule has 1 saturated heterocycles. The third kappa shape index (κ3) is 2.98. The maximum Gasteiger partial charge on any atom is 0.136 e. The van der Waals surface area contributed by atoms with Crippen molar-refractivity contribution in [3.05, 3.63) is 35.8 Å². The van der Waals surface area contributed by atoms with Crippen LogP contribution in [0.4, 0.5) is 4.39 Å². The summed E-state index contributed by atoms with van der Waals surface area (Å²) in [7, 11) is 3.58. The van der Waals surface area contributed by atoms with Crippen LogP contribution in [0.15, 0.2) is 24.4 Å². The van der Waals surface area contributed by atoms with Gasteiger partial charge in [0.25, 0.3) is 0 Å². The molecule has 1 aromatic heterocycles. The number of methoxy groups -OCH3 is 1. The first-order chi connectivity index (χ1) is 10.7. The number of nitrogens with zero attached hydrogens (tertiary/aromatic N) is 2. The van der Waals surface area contributed by atoms with Gasteiger partial charge in [0.2, 0.25) is 0 Å². The zero-order valence-corrected chi connectivity index (χ0v) is 12.8. The van der Waals surface area contributed by atoms with Crippen molar-refractivity contribution in [3.63, 3.8) is 0 Å². The number of H-pyrrole nitrogens is 1. The second kappa shape index (κ2) is 6.46. The summed E-state index contributed by atoms with van der Waals surface area (Å²) in [5.74, 6) is 0.180. The normalized spacial score (nSPS) is 18.1. The summed E-state index contributed by atoms with van der Waals surface area (Å²) in [6, 6.07) is 5.25. The molecule has 6 heteroatoms. The number of nitrogens with one attached hydrogen (secondary N) is 1.